The van der Waals surface area contributed by atoms with Gasteiger partial charge in [0.05, 0.1) is 0 Å². The standard InChI is InChI=1S/C15H12/c1-11-10-12-6-2-3-8-14(12)15-9-5-4-7-13(11)15/h2-9H,1,10H2. The van der Waals surface area contributed by atoms with Crippen LogP contribution in [0.25, 0.3) is 16.7 Å². The molecule has 0 bridgehead atoms. The minimum Gasteiger partial charge on any atom is -0.0949 e. The number of fused-ring (bicyclic) bond motifs is 3. The first kappa shape index (κ1) is 8.49. The first-order valence-corrected chi connectivity index (χ1v) is 5.22. The number of benzene rings is 2. The predicted octanol–water partition coefficient (Wildman–Crippen LogP) is 3.92. The van der Waals surface area contributed by atoms with Gasteiger partial charge in [-0.1, -0.05) is 55.1 Å². The van der Waals surface area contributed by atoms with Crippen molar-refractivity contribution in [1.82, 2.24) is 0 Å². The molecule has 0 nitrogen and oxygen atoms in total. The van der Waals surface area contributed by atoms with E-state index in [2.05, 4.69) is 55.1 Å². The van der Waals surface area contributed by atoms with Crippen molar-refractivity contribution in [1.29, 1.82) is 0 Å². The van der Waals surface area contributed by atoms with E-state index in [9.17, 15) is 0 Å². The van der Waals surface area contributed by atoms with Gasteiger partial charge in [0.2, 0.25) is 0 Å². The Bertz CT molecular complexity index is 535. The second-order valence-electron chi connectivity index (χ2n) is 3.98. The molecule has 0 radical (unpaired) electrons. The first-order valence-electron chi connectivity index (χ1n) is 5.22. The molecule has 0 aliphatic heterocycles. The molecule has 15 heavy (non-hydrogen) atoms. The van der Waals surface area contributed by atoms with Gasteiger partial charge in [-0.3, -0.25) is 0 Å². The quantitative estimate of drug-likeness (QED) is 0.593. The van der Waals surface area contributed by atoms with Gasteiger partial charge >= 0.3 is 0 Å². The van der Waals surface area contributed by atoms with Crippen LogP contribution in [-0.4, -0.2) is 0 Å². The molecule has 2 aromatic rings. The average Bonchev–Trinajstić information content (AvgIpc) is 2.30. The maximum Gasteiger partial charge on any atom is -0.00193 e. The van der Waals surface area contributed by atoms with E-state index in [-0.39, 0.29) is 0 Å². The van der Waals surface area contributed by atoms with Gasteiger partial charge in [0.25, 0.3) is 0 Å². The molecule has 0 atom stereocenters. The van der Waals surface area contributed by atoms with E-state index in [1.54, 1.807) is 0 Å². The largest absolute Gasteiger partial charge is 0.0949 e. The van der Waals surface area contributed by atoms with E-state index in [4.69, 9.17) is 0 Å². The number of allylic oxidation sites excluding steroid dienone is 1. The molecule has 0 heterocycles. The van der Waals surface area contributed by atoms with Crippen LogP contribution in [0.15, 0.2) is 55.1 Å². The van der Waals surface area contributed by atoms with E-state index in [1.807, 2.05) is 0 Å². The highest BCUT2D eigenvalue weighted by molar-refractivity contribution is 5.87. The fourth-order valence-electron chi connectivity index (χ4n) is 2.29. The number of rotatable bonds is 0. The predicted molar refractivity (Wildman–Crippen MR) is 64.6 cm³/mol. The highest BCUT2D eigenvalue weighted by Gasteiger charge is 2.16. The third kappa shape index (κ3) is 1.22. The Morgan fingerprint density at radius 1 is 0.733 bits per heavy atom. The molecule has 1 aliphatic carbocycles. The smallest absolute Gasteiger partial charge is 0.00193 e. The molecule has 0 aromatic heterocycles. The van der Waals surface area contributed by atoms with Crippen LogP contribution in [0.2, 0.25) is 0 Å². The second kappa shape index (κ2) is 3.09. The highest BCUT2D eigenvalue weighted by Crippen LogP contribution is 2.37. The fraction of sp³-hybridized carbons (Fsp3) is 0.0667. The number of hydrogen-bond acceptors (Lipinski definition) is 0. The zero-order valence-corrected chi connectivity index (χ0v) is 8.53. The molecule has 0 amide bonds. The lowest BCUT2D eigenvalue weighted by atomic mass is 9.83. The summed E-state index contributed by atoms with van der Waals surface area (Å²) in [7, 11) is 0. The van der Waals surface area contributed by atoms with Crippen molar-refractivity contribution >= 4 is 5.57 Å². The Morgan fingerprint density at radius 3 is 2.13 bits per heavy atom. The minimum absolute atomic E-state index is 0.979. The summed E-state index contributed by atoms with van der Waals surface area (Å²) in [4.78, 5) is 0. The van der Waals surface area contributed by atoms with Gasteiger partial charge in [0.15, 0.2) is 0 Å². The summed E-state index contributed by atoms with van der Waals surface area (Å²) < 4.78 is 0. The summed E-state index contributed by atoms with van der Waals surface area (Å²) in [6.45, 7) is 4.15. The van der Waals surface area contributed by atoms with E-state index in [1.165, 1.54) is 27.8 Å². The molecule has 0 saturated heterocycles. The van der Waals surface area contributed by atoms with Crippen molar-refractivity contribution in [3.05, 3.63) is 66.2 Å². The van der Waals surface area contributed by atoms with Crippen LogP contribution in [0.5, 0.6) is 0 Å². The summed E-state index contributed by atoms with van der Waals surface area (Å²) in [5.74, 6) is 0. The molecule has 1 aliphatic rings. The molecule has 3 rings (SSSR count). The summed E-state index contributed by atoms with van der Waals surface area (Å²) in [6, 6.07) is 17.1. The van der Waals surface area contributed by atoms with Gasteiger partial charge in [-0.15, -0.1) is 0 Å². The number of hydrogen-bond donors (Lipinski definition) is 0. The van der Waals surface area contributed by atoms with E-state index >= 15 is 0 Å². The average molecular weight is 192 g/mol. The monoisotopic (exact) mass is 192 g/mol. The van der Waals surface area contributed by atoms with Gasteiger partial charge in [-0.25, -0.2) is 0 Å². The van der Waals surface area contributed by atoms with Crippen LogP contribution < -0.4 is 0 Å². The molecule has 0 saturated carbocycles. The Labute approximate surface area is 89.9 Å². The van der Waals surface area contributed by atoms with Crippen molar-refractivity contribution in [2.45, 2.75) is 6.42 Å². The minimum atomic E-state index is 0.979. The van der Waals surface area contributed by atoms with Crippen LogP contribution in [0, 0.1) is 0 Å². The van der Waals surface area contributed by atoms with Crippen LogP contribution >= 0.6 is 0 Å². The first-order chi connectivity index (χ1) is 7.36. The molecule has 0 fully saturated rings. The highest BCUT2D eigenvalue weighted by atomic mass is 14.2. The van der Waals surface area contributed by atoms with E-state index in [0.717, 1.165) is 6.42 Å². The van der Waals surface area contributed by atoms with E-state index < -0.39 is 0 Å². The lowest BCUT2D eigenvalue weighted by molar-refractivity contribution is 1.25. The maximum atomic E-state index is 4.15. The van der Waals surface area contributed by atoms with Gasteiger partial charge in [0, 0.05) is 0 Å². The van der Waals surface area contributed by atoms with Gasteiger partial charge in [-0.05, 0) is 34.2 Å². The molecular weight excluding hydrogens is 180 g/mol. The maximum absolute atomic E-state index is 4.15. The Balaban J connectivity index is 2.34. The second-order valence-corrected chi connectivity index (χ2v) is 3.98. The van der Waals surface area contributed by atoms with E-state index in [0.29, 0.717) is 0 Å². The van der Waals surface area contributed by atoms with Crippen molar-refractivity contribution in [2.24, 2.45) is 0 Å². The third-order valence-electron chi connectivity index (χ3n) is 3.02. The van der Waals surface area contributed by atoms with Gasteiger partial charge in [-0.2, -0.15) is 0 Å². The summed E-state index contributed by atoms with van der Waals surface area (Å²) in [5, 5.41) is 0. The van der Waals surface area contributed by atoms with Crippen molar-refractivity contribution in [2.75, 3.05) is 0 Å². The summed E-state index contributed by atoms with van der Waals surface area (Å²) in [5.41, 5.74) is 6.60. The SMILES string of the molecule is C=C1Cc2ccccc2-c2ccccc21. The van der Waals surface area contributed by atoms with Crippen LogP contribution in [-0.2, 0) is 6.42 Å². The van der Waals surface area contributed by atoms with Gasteiger partial charge < -0.3 is 0 Å². The third-order valence-corrected chi connectivity index (χ3v) is 3.02. The molecule has 0 N–H and O–H groups in total. The molecule has 0 spiro atoms. The van der Waals surface area contributed by atoms with Crippen LogP contribution in [0.4, 0.5) is 0 Å². The Morgan fingerprint density at radius 2 is 1.33 bits per heavy atom. The lowest BCUT2D eigenvalue weighted by Crippen LogP contribution is -2.01. The zero-order chi connectivity index (χ0) is 10.3. The Hall–Kier alpha value is -1.82. The summed E-state index contributed by atoms with van der Waals surface area (Å²) >= 11 is 0. The van der Waals surface area contributed by atoms with Crippen molar-refractivity contribution < 1.29 is 0 Å². The normalized spacial score (nSPS) is 13.2. The molecule has 0 heteroatoms. The molecule has 72 valence electrons. The van der Waals surface area contributed by atoms with Crippen molar-refractivity contribution in [3.8, 4) is 11.1 Å². The fourth-order valence-corrected chi connectivity index (χ4v) is 2.29. The summed E-state index contributed by atoms with van der Waals surface area (Å²) in [6.07, 6.45) is 0.979. The zero-order valence-electron chi connectivity index (χ0n) is 8.53. The molecule has 0 unspecified atom stereocenters. The van der Waals surface area contributed by atoms with Crippen molar-refractivity contribution in [3.63, 3.8) is 0 Å². The topological polar surface area (TPSA) is 0 Å². The molecular formula is C15H12. The van der Waals surface area contributed by atoms with Crippen LogP contribution in [0.3, 0.4) is 0 Å². The Kier molecular flexibility index (Phi) is 1.75. The lowest BCUT2D eigenvalue weighted by Gasteiger charge is -2.21. The van der Waals surface area contributed by atoms with Gasteiger partial charge in [0.1, 0.15) is 0 Å². The van der Waals surface area contributed by atoms with Crippen LogP contribution in [0.1, 0.15) is 11.1 Å². The molecule has 2 aromatic carbocycles.